The monoisotopic (exact) mass is 638 g/mol. The van der Waals surface area contributed by atoms with Crippen molar-refractivity contribution in [3.05, 3.63) is 82.9 Å². The average molecular weight is 639 g/mol. The van der Waals surface area contributed by atoms with Crippen molar-refractivity contribution in [3.8, 4) is 11.5 Å². The summed E-state index contributed by atoms with van der Waals surface area (Å²) in [5.41, 5.74) is 1.70. The molecule has 0 radical (unpaired) electrons. The van der Waals surface area contributed by atoms with Crippen LogP contribution >= 0.6 is 0 Å². The van der Waals surface area contributed by atoms with Crippen LogP contribution in [0.1, 0.15) is 68.6 Å². The van der Waals surface area contributed by atoms with Gasteiger partial charge in [0.1, 0.15) is 11.6 Å². The smallest absolute Gasteiger partial charge is 0.412 e. The number of aliphatic carboxylic acids is 1. The largest absolute Gasteiger partial charge is 0.493 e. The highest BCUT2D eigenvalue weighted by molar-refractivity contribution is 7.89. The zero-order chi connectivity index (χ0) is 33.3. The van der Waals surface area contributed by atoms with E-state index < -0.39 is 39.7 Å². The Hall–Kier alpha value is -4.42. The number of carbonyl (C=O) groups excluding carboxylic acids is 2. The van der Waals surface area contributed by atoms with Gasteiger partial charge in [-0.1, -0.05) is 32.9 Å². The van der Waals surface area contributed by atoms with Crippen molar-refractivity contribution in [2.24, 2.45) is 0 Å². The van der Waals surface area contributed by atoms with E-state index >= 15 is 0 Å². The van der Waals surface area contributed by atoms with Crippen LogP contribution in [0.2, 0.25) is 0 Å². The summed E-state index contributed by atoms with van der Waals surface area (Å²) in [5.74, 6) is -1.78. The standard InChI is InChI=1S/C33H38N2O9S/c1-32(2,3)23-10-14-25(15-11-23)45(40,41)35-19-22-18-28(27(42-7)17-21(22)16-26(35)29(36)37)43-30(38)20-8-12-24(13-9-20)34-31(39)44-33(4,5)6/h8-15,17-18,26H,16,19H2,1-7H3,(H,34,39)(H,36,37). The maximum atomic E-state index is 13.7. The number of nitrogens with zero attached hydrogens (tertiary/aromatic N) is 1. The number of hydrogen-bond donors (Lipinski definition) is 2. The fourth-order valence-corrected chi connectivity index (χ4v) is 6.36. The Bertz CT molecular complexity index is 1700. The van der Waals surface area contributed by atoms with Crippen LogP contribution in [0.4, 0.5) is 10.5 Å². The van der Waals surface area contributed by atoms with Crippen LogP contribution in [0.3, 0.4) is 0 Å². The Morgan fingerprint density at radius 1 is 0.889 bits per heavy atom. The number of fused-ring (bicyclic) bond motifs is 1. The molecule has 1 atom stereocenters. The number of carboxylic acids is 1. The molecule has 0 saturated heterocycles. The fourth-order valence-electron chi connectivity index (χ4n) is 4.80. The van der Waals surface area contributed by atoms with Crippen LogP contribution in [-0.4, -0.2) is 54.6 Å². The molecule has 0 bridgehead atoms. The molecule has 12 heteroatoms. The van der Waals surface area contributed by atoms with Gasteiger partial charge in [-0.15, -0.1) is 0 Å². The van der Waals surface area contributed by atoms with Gasteiger partial charge in [-0.05, 0) is 91.4 Å². The first-order valence-corrected chi connectivity index (χ1v) is 15.7. The van der Waals surface area contributed by atoms with Crippen LogP contribution < -0.4 is 14.8 Å². The van der Waals surface area contributed by atoms with Gasteiger partial charge in [-0.25, -0.2) is 18.0 Å². The Balaban J connectivity index is 1.58. The lowest BCUT2D eigenvalue weighted by Crippen LogP contribution is -2.48. The number of benzene rings is 3. The number of sulfonamides is 1. The second-order valence-electron chi connectivity index (χ2n) is 12.7. The van der Waals surface area contributed by atoms with Gasteiger partial charge in [0.05, 0.1) is 17.6 Å². The maximum absolute atomic E-state index is 13.7. The lowest BCUT2D eigenvalue weighted by molar-refractivity contribution is -0.141. The van der Waals surface area contributed by atoms with Crippen molar-refractivity contribution in [2.45, 2.75) is 76.5 Å². The molecule has 4 rings (SSSR count). The normalized spacial score (nSPS) is 15.5. The van der Waals surface area contributed by atoms with E-state index in [-0.39, 0.29) is 40.3 Å². The molecular weight excluding hydrogens is 600 g/mol. The highest BCUT2D eigenvalue weighted by Crippen LogP contribution is 2.37. The summed E-state index contributed by atoms with van der Waals surface area (Å²) in [6.07, 6.45) is -0.750. The molecule has 3 aromatic carbocycles. The van der Waals surface area contributed by atoms with Crippen LogP contribution in [0, 0.1) is 0 Å². The SMILES string of the molecule is COc1cc2c(cc1OC(=O)c1ccc(NC(=O)OC(C)(C)C)cc1)CN(S(=O)(=O)c1ccc(C(C)(C)C)cc1)C(C(=O)O)C2. The van der Waals surface area contributed by atoms with Crippen LogP contribution in [-0.2, 0) is 37.9 Å². The van der Waals surface area contributed by atoms with E-state index in [4.69, 9.17) is 14.2 Å². The van der Waals surface area contributed by atoms with E-state index in [0.717, 1.165) is 9.87 Å². The molecule has 1 unspecified atom stereocenters. The molecule has 0 spiro atoms. The summed E-state index contributed by atoms with van der Waals surface area (Å²) >= 11 is 0. The molecule has 0 aromatic heterocycles. The van der Waals surface area contributed by atoms with Gasteiger partial charge in [0, 0.05) is 18.7 Å². The first-order valence-electron chi connectivity index (χ1n) is 14.3. The van der Waals surface area contributed by atoms with Crippen LogP contribution in [0.5, 0.6) is 11.5 Å². The van der Waals surface area contributed by atoms with Crippen molar-refractivity contribution in [3.63, 3.8) is 0 Å². The molecule has 2 N–H and O–H groups in total. The van der Waals surface area contributed by atoms with Gasteiger partial charge in [-0.2, -0.15) is 4.31 Å². The minimum atomic E-state index is -4.20. The third kappa shape index (κ3) is 7.81. The van der Waals surface area contributed by atoms with E-state index in [0.29, 0.717) is 16.8 Å². The van der Waals surface area contributed by atoms with E-state index in [1.54, 1.807) is 39.0 Å². The number of methoxy groups -OCH3 is 1. The average Bonchev–Trinajstić information content (AvgIpc) is 2.95. The molecule has 11 nitrogen and oxygen atoms in total. The summed E-state index contributed by atoms with van der Waals surface area (Å²) in [4.78, 5) is 37.3. The van der Waals surface area contributed by atoms with Gasteiger partial charge in [0.15, 0.2) is 11.5 Å². The third-order valence-electron chi connectivity index (χ3n) is 7.15. The summed E-state index contributed by atoms with van der Waals surface area (Å²) in [6.45, 7) is 11.0. The number of hydrogen-bond acceptors (Lipinski definition) is 8. The van der Waals surface area contributed by atoms with E-state index in [1.165, 1.54) is 49.6 Å². The second-order valence-corrected chi connectivity index (χ2v) is 14.6. The van der Waals surface area contributed by atoms with Gasteiger partial charge in [0.2, 0.25) is 10.0 Å². The van der Waals surface area contributed by atoms with E-state index in [1.807, 2.05) is 20.8 Å². The number of carbonyl (C=O) groups is 3. The number of amides is 1. The minimum absolute atomic E-state index is 0.0185. The third-order valence-corrected chi connectivity index (χ3v) is 9.02. The predicted octanol–water partition coefficient (Wildman–Crippen LogP) is 5.76. The van der Waals surface area contributed by atoms with Crippen molar-refractivity contribution >= 4 is 33.7 Å². The van der Waals surface area contributed by atoms with Crippen LogP contribution in [0.15, 0.2) is 65.6 Å². The fraction of sp³-hybridized carbons (Fsp3) is 0.364. The highest BCUT2D eigenvalue weighted by Gasteiger charge is 2.40. The van der Waals surface area contributed by atoms with Crippen molar-refractivity contribution in [2.75, 3.05) is 12.4 Å². The molecule has 1 amide bonds. The Morgan fingerprint density at radius 3 is 2.02 bits per heavy atom. The summed E-state index contributed by atoms with van der Waals surface area (Å²) in [5, 5.41) is 12.6. The van der Waals surface area contributed by atoms with E-state index in [9.17, 15) is 27.9 Å². The van der Waals surface area contributed by atoms with Gasteiger partial charge >= 0.3 is 18.0 Å². The predicted molar refractivity (Wildman–Crippen MR) is 167 cm³/mol. The maximum Gasteiger partial charge on any atom is 0.412 e. The van der Waals surface area contributed by atoms with Crippen molar-refractivity contribution in [1.82, 2.24) is 4.31 Å². The molecule has 45 heavy (non-hydrogen) atoms. The number of rotatable bonds is 7. The van der Waals surface area contributed by atoms with Gasteiger partial charge in [0.25, 0.3) is 0 Å². The quantitative estimate of drug-likeness (QED) is 0.243. The number of ether oxygens (including phenoxy) is 3. The first-order chi connectivity index (χ1) is 20.9. The summed E-state index contributed by atoms with van der Waals surface area (Å²) < 4.78 is 44.7. The second kappa shape index (κ2) is 12.5. The number of esters is 1. The summed E-state index contributed by atoms with van der Waals surface area (Å²) in [7, 11) is -2.82. The van der Waals surface area contributed by atoms with Crippen molar-refractivity contribution < 1.29 is 42.1 Å². The number of carboxylic acid groups (broad SMARTS) is 1. The van der Waals surface area contributed by atoms with Gasteiger partial charge < -0.3 is 19.3 Å². The first kappa shape index (κ1) is 33.5. The lowest BCUT2D eigenvalue weighted by Gasteiger charge is -2.34. The zero-order valence-electron chi connectivity index (χ0n) is 26.3. The Kier molecular flexibility index (Phi) is 9.32. The molecule has 0 aliphatic carbocycles. The lowest BCUT2D eigenvalue weighted by atomic mass is 9.87. The molecule has 0 saturated carbocycles. The Morgan fingerprint density at radius 2 is 1.49 bits per heavy atom. The minimum Gasteiger partial charge on any atom is -0.493 e. The highest BCUT2D eigenvalue weighted by atomic mass is 32.2. The van der Waals surface area contributed by atoms with Gasteiger partial charge in [-0.3, -0.25) is 10.1 Å². The van der Waals surface area contributed by atoms with Crippen molar-refractivity contribution in [1.29, 1.82) is 0 Å². The van der Waals surface area contributed by atoms with E-state index in [2.05, 4.69) is 5.32 Å². The molecule has 1 aliphatic heterocycles. The molecule has 1 heterocycles. The molecule has 0 fully saturated rings. The topological polar surface area (TPSA) is 149 Å². The molecule has 240 valence electrons. The zero-order valence-corrected chi connectivity index (χ0v) is 27.2. The molecule has 3 aromatic rings. The number of nitrogens with one attached hydrogen (secondary N) is 1. The summed E-state index contributed by atoms with van der Waals surface area (Å²) in [6, 6.07) is 14.1. The molecular formula is C33H38N2O9S. The van der Waals surface area contributed by atoms with Crippen LogP contribution in [0.25, 0.3) is 0 Å². The number of anilines is 1. The molecule has 1 aliphatic rings. The Labute approximate surface area is 263 Å².